The number of carboxylic acid groups (broad SMARTS) is 2. The lowest BCUT2D eigenvalue weighted by Gasteiger charge is -2.25. The Labute approximate surface area is 257 Å². The molecule has 8 nitrogen and oxygen atoms in total. The number of rotatable bonds is 12. The van der Waals surface area contributed by atoms with Gasteiger partial charge in [0.1, 0.15) is 6.61 Å². The van der Waals surface area contributed by atoms with Crippen LogP contribution < -0.4 is 5.32 Å². The summed E-state index contributed by atoms with van der Waals surface area (Å²) in [6, 6.07) is 10.3. The first kappa shape index (κ1) is 37.5. The number of halogens is 6. The van der Waals surface area contributed by atoms with Gasteiger partial charge in [0, 0.05) is 13.1 Å². The summed E-state index contributed by atoms with van der Waals surface area (Å²) >= 11 is 0. The van der Waals surface area contributed by atoms with Gasteiger partial charge in [0.15, 0.2) is 0 Å². The third kappa shape index (κ3) is 12.0. The van der Waals surface area contributed by atoms with E-state index in [-0.39, 0.29) is 19.1 Å². The fourth-order valence-corrected chi connectivity index (χ4v) is 4.93. The Kier molecular flexibility index (Phi) is 14.3. The number of nitrogens with zero attached hydrogens (tertiary/aromatic N) is 1. The molecule has 1 unspecified atom stereocenters. The Morgan fingerprint density at radius 1 is 1.00 bits per heavy atom. The Bertz CT molecular complexity index is 1310. The third-order valence-electron chi connectivity index (χ3n) is 7.42. The SMILES string of the molecule is CCc1cc(/C(C)=N/OCc2ccc(C3CCCCC3)c(C(F)(F)F)c2)ccc1CNCC(CO)C(=O)O.O=C(O)C(F)(F)F. The molecule has 3 rings (SSSR count). The number of oxime groups is 1. The van der Waals surface area contributed by atoms with Crippen LogP contribution in [0.4, 0.5) is 26.3 Å². The molecule has 1 saturated carbocycles. The molecule has 0 bridgehead atoms. The monoisotopic (exact) mass is 648 g/mol. The second-order valence-electron chi connectivity index (χ2n) is 10.7. The van der Waals surface area contributed by atoms with E-state index >= 15 is 0 Å². The van der Waals surface area contributed by atoms with Gasteiger partial charge < -0.3 is 25.5 Å². The second-order valence-corrected chi connectivity index (χ2v) is 10.7. The maximum absolute atomic E-state index is 13.8. The molecule has 45 heavy (non-hydrogen) atoms. The first-order valence-electron chi connectivity index (χ1n) is 14.4. The van der Waals surface area contributed by atoms with Crippen molar-refractivity contribution in [3.63, 3.8) is 0 Å². The van der Waals surface area contributed by atoms with Crippen LogP contribution >= 0.6 is 0 Å². The molecule has 250 valence electrons. The highest BCUT2D eigenvalue weighted by atomic mass is 19.4. The van der Waals surface area contributed by atoms with E-state index in [4.69, 9.17) is 25.0 Å². The van der Waals surface area contributed by atoms with Crippen molar-refractivity contribution in [2.75, 3.05) is 13.2 Å². The fourth-order valence-electron chi connectivity index (χ4n) is 4.93. The maximum atomic E-state index is 13.8. The van der Waals surface area contributed by atoms with Gasteiger partial charge >= 0.3 is 24.3 Å². The van der Waals surface area contributed by atoms with E-state index in [0.29, 0.717) is 23.4 Å². The first-order valence-corrected chi connectivity index (χ1v) is 14.4. The molecule has 4 N–H and O–H groups in total. The molecule has 1 atom stereocenters. The Hall–Kier alpha value is -3.65. The second kappa shape index (κ2) is 17.2. The van der Waals surface area contributed by atoms with Crippen molar-refractivity contribution in [2.45, 2.75) is 83.8 Å². The van der Waals surface area contributed by atoms with Crippen molar-refractivity contribution in [3.8, 4) is 0 Å². The third-order valence-corrected chi connectivity index (χ3v) is 7.42. The van der Waals surface area contributed by atoms with Crippen LogP contribution in [0.25, 0.3) is 0 Å². The molecule has 2 aromatic rings. The van der Waals surface area contributed by atoms with Crippen LogP contribution in [0.5, 0.6) is 0 Å². The Morgan fingerprint density at radius 3 is 2.18 bits per heavy atom. The summed E-state index contributed by atoms with van der Waals surface area (Å²) in [5, 5.41) is 32.5. The van der Waals surface area contributed by atoms with Gasteiger partial charge in [-0.25, -0.2) is 4.79 Å². The molecular weight excluding hydrogens is 610 g/mol. The normalized spacial score (nSPS) is 15.2. The number of nitrogens with one attached hydrogen (secondary N) is 1. The van der Waals surface area contributed by atoms with Crippen molar-refractivity contribution in [1.29, 1.82) is 0 Å². The summed E-state index contributed by atoms with van der Waals surface area (Å²) in [6.45, 7) is 3.90. The number of carboxylic acids is 2. The lowest BCUT2D eigenvalue weighted by molar-refractivity contribution is -0.192. The molecule has 0 amide bonds. The van der Waals surface area contributed by atoms with Crippen LogP contribution in [0.2, 0.25) is 0 Å². The number of aliphatic hydroxyl groups excluding tert-OH is 1. The minimum atomic E-state index is -5.08. The summed E-state index contributed by atoms with van der Waals surface area (Å²) in [5.74, 6) is -4.71. The predicted octanol–water partition coefficient (Wildman–Crippen LogP) is 6.67. The van der Waals surface area contributed by atoms with Crippen LogP contribution in [-0.4, -0.2) is 52.3 Å². The molecule has 2 aromatic carbocycles. The van der Waals surface area contributed by atoms with Crippen molar-refractivity contribution in [3.05, 3.63) is 69.8 Å². The summed E-state index contributed by atoms with van der Waals surface area (Å²) < 4.78 is 73.2. The number of aliphatic hydroxyl groups is 1. The summed E-state index contributed by atoms with van der Waals surface area (Å²) in [5.41, 5.74) is 3.71. The highest BCUT2D eigenvalue weighted by Crippen LogP contribution is 2.41. The predicted molar refractivity (Wildman–Crippen MR) is 154 cm³/mol. The van der Waals surface area contributed by atoms with E-state index in [9.17, 15) is 31.1 Å². The lowest BCUT2D eigenvalue weighted by Crippen LogP contribution is -2.30. The molecule has 0 saturated heterocycles. The van der Waals surface area contributed by atoms with Gasteiger partial charge in [-0.15, -0.1) is 0 Å². The molecule has 0 spiro atoms. The fraction of sp³-hybridized carbons (Fsp3) is 0.516. The van der Waals surface area contributed by atoms with Gasteiger partial charge in [0.2, 0.25) is 0 Å². The van der Waals surface area contributed by atoms with E-state index < -0.39 is 42.4 Å². The van der Waals surface area contributed by atoms with Crippen LogP contribution in [0, 0.1) is 5.92 Å². The van der Waals surface area contributed by atoms with E-state index in [1.54, 1.807) is 19.1 Å². The number of aryl methyl sites for hydroxylation is 1. The van der Waals surface area contributed by atoms with Gasteiger partial charge in [0.25, 0.3) is 0 Å². The van der Waals surface area contributed by atoms with Crippen molar-refractivity contribution < 1.29 is 56.1 Å². The molecule has 1 fully saturated rings. The number of benzene rings is 2. The minimum absolute atomic E-state index is 0.0465. The van der Waals surface area contributed by atoms with Crippen LogP contribution in [0.15, 0.2) is 41.6 Å². The average Bonchev–Trinajstić information content (AvgIpc) is 2.99. The van der Waals surface area contributed by atoms with E-state index in [1.807, 2.05) is 25.1 Å². The van der Waals surface area contributed by atoms with E-state index in [0.717, 1.165) is 55.2 Å². The number of alkyl halides is 6. The van der Waals surface area contributed by atoms with Crippen molar-refractivity contribution in [1.82, 2.24) is 5.32 Å². The van der Waals surface area contributed by atoms with Crippen molar-refractivity contribution in [2.24, 2.45) is 11.1 Å². The van der Waals surface area contributed by atoms with Gasteiger partial charge in [-0.05, 0) is 72.1 Å². The molecule has 0 aliphatic heterocycles. The highest BCUT2D eigenvalue weighted by Gasteiger charge is 2.38. The minimum Gasteiger partial charge on any atom is -0.481 e. The summed E-state index contributed by atoms with van der Waals surface area (Å²) in [4.78, 5) is 25.4. The molecule has 0 aromatic heterocycles. The zero-order chi connectivity index (χ0) is 33.8. The van der Waals surface area contributed by atoms with Gasteiger partial charge in [-0.2, -0.15) is 26.3 Å². The van der Waals surface area contributed by atoms with Crippen LogP contribution in [0.3, 0.4) is 0 Å². The number of aliphatic carboxylic acids is 2. The standard InChI is InChI=1S/C29H37F3N2O4.C2HF3O2/c1-3-21-14-23(10-11-24(21)15-33-16-25(17-35)28(36)37)19(2)34-38-18-20-9-12-26(22-7-5-4-6-8-22)27(13-20)29(30,31)32;3-2(4,5)1(6)7/h9-14,22,25,33,35H,3-8,15-18H2,1-2H3,(H,36,37);(H,6,7)/b34-19+;. The largest absolute Gasteiger partial charge is 0.490 e. The van der Waals surface area contributed by atoms with Crippen molar-refractivity contribution >= 4 is 17.7 Å². The Balaban J connectivity index is 0.000000900. The van der Waals surface area contributed by atoms with Gasteiger partial charge in [-0.3, -0.25) is 4.79 Å². The molecule has 1 aliphatic rings. The molecular formula is C31H38F6N2O6. The molecule has 1 aliphatic carbocycles. The summed E-state index contributed by atoms with van der Waals surface area (Å²) in [6.07, 6.45) is -4.15. The van der Waals surface area contributed by atoms with Crippen LogP contribution in [-0.2, 0) is 40.2 Å². The average molecular weight is 649 g/mol. The van der Waals surface area contributed by atoms with Gasteiger partial charge in [0.05, 0.1) is 23.8 Å². The van der Waals surface area contributed by atoms with Gasteiger partial charge in [-0.1, -0.05) is 55.6 Å². The number of hydrogen-bond acceptors (Lipinski definition) is 6. The number of hydrogen-bond donors (Lipinski definition) is 4. The maximum Gasteiger partial charge on any atom is 0.490 e. The topological polar surface area (TPSA) is 128 Å². The first-order chi connectivity index (χ1) is 21.1. The van der Waals surface area contributed by atoms with E-state index in [1.165, 1.54) is 6.07 Å². The van der Waals surface area contributed by atoms with E-state index in [2.05, 4.69) is 10.5 Å². The Morgan fingerprint density at radius 2 is 1.64 bits per heavy atom. The molecule has 0 radical (unpaired) electrons. The molecule has 0 heterocycles. The highest BCUT2D eigenvalue weighted by molar-refractivity contribution is 5.98. The zero-order valence-electron chi connectivity index (χ0n) is 25.0. The lowest BCUT2D eigenvalue weighted by atomic mass is 9.81. The summed E-state index contributed by atoms with van der Waals surface area (Å²) in [7, 11) is 0. The van der Waals surface area contributed by atoms with Crippen LogP contribution in [0.1, 0.15) is 85.3 Å². The zero-order valence-corrected chi connectivity index (χ0v) is 25.0. The smallest absolute Gasteiger partial charge is 0.481 e. The molecule has 14 heteroatoms. The quantitative estimate of drug-likeness (QED) is 0.115. The number of carbonyl (C=O) groups is 2.